The number of nitrogens with one attached hydrogen (secondary N) is 2. The van der Waals surface area contributed by atoms with Crippen LogP contribution in [0.15, 0.2) is 11.6 Å². The molecule has 0 saturated carbocycles. The Morgan fingerprint density at radius 1 is 1.67 bits per heavy atom. The highest BCUT2D eigenvalue weighted by molar-refractivity contribution is 6.11. The Hall–Kier alpha value is -1.12. The van der Waals surface area contributed by atoms with Gasteiger partial charge in [0.15, 0.2) is 0 Å². The molecule has 0 saturated heterocycles. The summed E-state index contributed by atoms with van der Waals surface area (Å²) in [7, 11) is 1.54. The average Bonchev–Trinajstić information content (AvgIpc) is 1.90. The molecule has 0 bridgehead atoms. The molecular weight excluding hydrogens is 116 g/mol. The zero-order valence-electron chi connectivity index (χ0n) is 5.56. The molecule has 0 radical (unpaired) electrons. The second-order valence-electron chi connectivity index (χ2n) is 1.47. The van der Waals surface area contributed by atoms with Crippen molar-refractivity contribution in [1.29, 1.82) is 5.41 Å². The summed E-state index contributed by atoms with van der Waals surface area (Å²) in [5, 5.41) is 9.15. The second kappa shape index (κ2) is 3.83. The van der Waals surface area contributed by atoms with Crippen molar-refractivity contribution in [3.05, 3.63) is 11.6 Å². The lowest BCUT2D eigenvalue weighted by Crippen LogP contribution is -2.20. The number of hydrogen-bond acceptors (Lipinski definition) is 2. The quantitative estimate of drug-likeness (QED) is 0.406. The first-order valence-corrected chi connectivity index (χ1v) is 2.65. The molecule has 0 aromatic rings. The number of amides is 1. The summed E-state index contributed by atoms with van der Waals surface area (Å²) >= 11 is 0. The molecule has 0 heterocycles. The lowest BCUT2D eigenvalue weighted by atomic mass is 10.2. The summed E-state index contributed by atoms with van der Waals surface area (Å²) in [5.74, 6) is -0.215. The molecule has 0 rings (SSSR count). The number of rotatable bonds is 2. The van der Waals surface area contributed by atoms with Gasteiger partial charge in [0.1, 0.15) is 0 Å². The summed E-state index contributed by atoms with van der Waals surface area (Å²) in [5.41, 5.74) is 0.387. The highest BCUT2D eigenvalue weighted by atomic mass is 16.1. The minimum Gasteiger partial charge on any atom is -0.355 e. The van der Waals surface area contributed by atoms with E-state index in [0.717, 1.165) is 6.21 Å². The van der Waals surface area contributed by atoms with Crippen molar-refractivity contribution in [2.24, 2.45) is 0 Å². The molecular formula is C6H10N2O. The van der Waals surface area contributed by atoms with E-state index in [0.29, 0.717) is 5.57 Å². The van der Waals surface area contributed by atoms with Gasteiger partial charge in [0.25, 0.3) is 5.91 Å². The van der Waals surface area contributed by atoms with Gasteiger partial charge in [0, 0.05) is 13.3 Å². The fourth-order valence-electron chi connectivity index (χ4n) is 0.424. The number of carbonyl (C=O) groups is 1. The van der Waals surface area contributed by atoms with E-state index < -0.39 is 0 Å². The van der Waals surface area contributed by atoms with Gasteiger partial charge in [0.2, 0.25) is 0 Å². The highest BCUT2D eigenvalue weighted by Crippen LogP contribution is 1.86. The van der Waals surface area contributed by atoms with E-state index in [2.05, 4.69) is 5.32 Å². The van der Waals surface area contributed by atoms with Gasteiger partial charge in [-0.1, -0.05) is 6.08 Å². The summed E-state index contributed by atoms with van der Waals surface area (Å²) in [6.07, 6.45) is 2.62. The average molecular weight is 126 g/mol. The Labute approximate surface area is 54.3 Å². The number of likely N-dealkylation sites (N-methyl/N-ethyl adjacent to an activating group) is 1. The lowest BCUT2D eigenvalue weighted by Gasteiger charge is -1.94. The first-order valence-electron chi connectivity index (χ1n) is 2.65. The third-order valence-electron chi connectivity index (χ3n) is 0.956. The van der Waals surface area contributed by atoms with E-state index in [1.807, 2.05) is 0 Å². The molecule has 0 aliphatic carbocycles. The van der Waals surface area contributed by atoms with Gasteiger partial charge in [-0.15, -0.1) is 0 Å². The lowest BCUT2D eigenvalue weighted by molar-refractivity contribution is -0.116. The monoisotopic (exact) mass is 126 g/mol. The van der Waals surface area contributed by atoms with Crippen LogP contribution in [0, 0.1) is 5.41 Å². The smallest absolute Gasteiger partial charge is 0.252 e. The van der Waals surface area contributed by atoms with Crippen LogP contribution in [0.25, 0.3) is 0 Å². The van der Waals surface area contributed by atoms with E-state index in [1.165, 1.54) is 7.05 Å². The predicted molar refractivity (Wildman–Crippen MR) is 36.6 cm³/mol. The van der Waals surface area contributed by atoms with Crippen molar-refractivity contribution in [3.8, 4) is 0 Å². The summed E-state index contributed by atoms with van der Waals surface area (Å²) in [6.45, 7) is 1.72. The van der Waals surface area contributed by atoms with Gasteiger partial charge in [-0.3, -0.25) is 4.79 Å². The largest absolute Gasteiger partial charge is 0.355 e. The SMILES string of the molecule is C/C=C(/C=N)C(=O)NC. The summed E-state index contributed by atoms with van der Waals surface area (Å²) in [4.78, 5) is 10.6. The molecule has 0 unspecified atom stereocenters. The van der Waals surface area contributed by atoms with Crippen LogP contribution < -0.4 is 5.32 Å². The molecule has 0 aliphatic rings. The molecule has 0 atom stereocenters. The van der Waals surface area contributed by atoms with E-state index in [-0.39, 0.29) is 5.91 Å². The third-order valence-corrected chi connectivity index (χ3v) is 0.956. The molecule has 1 amide bonds. The van der Waals surface area contributed by atoms with E-state index in [9.17, 15) is 4.79 Å². The molecule has 3 heteroatoms. The fraction of sp³-hybridized carbons (Fsp3) is 0.333. The van der Waals surface area contributed by atoms with Crippen LogP contribution in [0.5, 0.6) is 0 Å². The molecule has 0 aliphatic heterocycles. The van der Waals surface area contributed by atoms with Gasteiger partial charge in [-0.05, 0) is 6.92 Å². The first-order chi connectivity index (χ1) is 4.26. The maximum absolute atomic E-state index is 10.6. The zero-order valence-corrected chi connectivity index (χ0v) is 5.56. The van der Waals surface area contributed by atoms with Gasteiger partial charge in [0.05, 0.1) is 5.57 Å². The maximum Gasteiger partial charge on any atom is 0.252 e. The van der Waals surface area contributed by atoms with Crippen molar-refractivity contribution >= 4 is 12.1 Å². The standard InChI is InChI=1S/C6H10N2O/c1-3-5(4-7)6(9)8-2/h3-4,7H,1-2H3,(H,8,9)/b5-3-,7-4?. The zero-order chi connectivity index (χ0) is 7.28. The van der Waals surface area contributed by atoms with Crippen LogP contribution in [-0.4, -0.2) is 19.2 Å². The van der Waals surface area contributed by atoms with Gasteiger partial charge >= 0.3 is 0 Å². The second-order valence-corrected chi connectivity index (χ2v) is 1.47. The predicted octanol–water partition coefficient (Wildman–Crippen LogP) is 0.328. The molecule has 9 heavy (non-hydrogen) atoms. The molecule has 2 N–H and O–H groups in total. The Morgan fingerprint density at radius 2 is 2.22 bits per heavy atom. The third kappa shape index (κ3) is 2.08. The topological polar surface area (TPSA) is 53.0 Å². The minimum atomic E-state index is -0.215. The Kier molecular flexibility index (Phi) is 3.35. The Bertz CT molecular complexity index is 149. The molecule has 0 spiro atoms. The van der Waals surface area contributed by atoms with Crippen LogP contribution in [0.3, 0.4) is 0 Å². The van der Waals surface area contributed by atoms with E-state index in [4.69, 9.17) is 5.41 Å². The van der Waals surface area contributed by atoms with Crippen molar-refractivity contribution in [2.45, 2.75) is 6.92 Å². The van der Waals surface area contributed by atoms with Crippen molar-refractivity contribution in [3.63, 3.8) is 0 Å². The van der Waals surface area contributed by atoms with Crippen molar-refractivity contribution < 1.29 is 4.79 Å². The fourth-order valence-corrected chi connectivity index (χ4v) is 0.424. The summed E-state index contributed by atoms with van der Waals surface area (Å²) < 4.78 is 0. The molecule has 0 aromatic carbocycles. The van der Waals surface area contributed by atoms with E-state index in [1.54, 1.807) is 13.0 Å². The minimum absolute atomic E-state index is 0.215. The van der Waals surface area contributed by atoms with Gasteiger partial charge in [-0.25, -0.2) is 0 Å². The summed E-state index contributed by atoms with van der Waals surface area (Å²) in [6, 6.07) is 0. The van der Waals surface area contributed by atoms with E-state index >= 15 is 0 Å². The van der Waals surface area contributed by atoms with Crippen molar-refractivity contribution in [1.82, 2.24) is 5.32 Å². The molecule has 50 valence electrons. The number of carbonyl (C=O) groups excluding carboxylic acids is 1. The van der Waals surface area contributed by atoms with Crippen LogP contribution in [-0.2, 0) is 4.79 Å². The first kappa shape index (κ1) is 7.88. The Morgan fingerprint density at radius 3 is 2.33 bits per heavy atom. The maximum atomic E-state index is 10.6. The van der Waals surface area contributed by atoms with Crippen LogP contribution in [0.2, 0.25) is 0 Å². The van der Waals surface area contributed by atoms with Crippen LogP contribution in [0.4, 0.5) is 0 Å². The van der Waals surface area contributed by atoms with Gasteiger partial charge in [-0.2, -0.15) is 0 Å². The molecule has 3 nitrogen and oxygen atoms in total. The van der Waals surface area contributed by atoms with Crippen LogP contribution in [0.1, 0.15) is 6.92 Å². The van der Waals surface area contributed by atoms with Gasteiger partial charge < -0.3 is 10.7 Å². The normalized spacial score (nSPS) is 10.7. The van der Waals surface area contributed by atoms with Crippen LogP contribution >= 0.6 is 0 Å². The number of hydrogen-bond donors (Lipinski definition) is 2. The Balaban J connectivity index is 4.14. The number of allylic oxidation sites excluding steroid dienone is 1. The van der Waals surface area contributed by atoms with Crippen molar-refractivity contribution in [2.75, 3.05) is 7.05 Å². The molecule has 0 fully saturated rings. The highest BCUT2D eigenvalue weighted by Gasteiger charge is 1.99. The molecule has 0 aromatic heterocycles.